The van der Waals surface area contributed by atoms with Crippen LogP contribution in [0.2, 0.25) is 0 Å². The number of benzene rings is 2. The molecule has 2 aliphatic rings. The van der Waals surface area contributed by atoms with Crippen molar-refractivity contribution in [3.8, 4) is 0 Å². The molecule has 0 bridgehead atoms. The summed E-state index contributed by atoms with van der Waals surface area (Å²) >= 11 is 1.40. The van der Waals surface area contributed by atoms with Crippen LogP contribution in [0.5, 0.6) is 0 Å². The Morgan fingerprint density at radius 2 is 1.64 bits per heavy atom. The average molecular weight is 497 g/mol. The van der Waals surface area contributed by atoms with E-state index in [0.29, 0.717) is 10.3 Å². The van der Waals surface area contributed by atoms with Crippen molar-refractivity contribution in [3.05, 3.63) is 47.0 Å². The summed E-state index contributed by atoms with van der Waals surface area (Å²) < 4.78 is 62.8. The van der Waals surface area contributed by atoms with Crippen LogP contribution < -0.4 is 15.5 Å². The predicted molar refractivity (Wildman–Crippen MR) is 126 cm³/mol. The van der Waals surface area contributed by atoms with Gasteiger partial charge in [0, 0.05) is 26.6 Å². The molecule has 4 nitrogen and oxygen atoms in total. The van der Waals surface area contributed by atoms with E-state index in [2.05, 4.69) is 49.7 Å². The lowest BCUT2D eigenvalue weighted by molar-refractivity contribution is -0.0420. The molecule has 0 N–H and O–H groups in total. The standard InChI is InChI=1S/C24H27F3N2O2S2/c1-15(33(30,31)24(25,26)27)16-7-9-18-20(13-16)32-21-14-17(8-10-19(21)28-18)29-22(2,3)11-6-12-23(29,4)5/h7-10,13-14H,6,11-12H2,1-5H3/b16-15-. The molecular formula is C24H27F3N2O2S2. The SMILES string of the molecule is C/C(=c1\ccc2c(c1)Sc1cc(N3C(C)(C)CCCC3(C)C)ccc1N=2)S(=O)(=O)C(F)(F)F. The third kappa shape index (κ3) is 4.18. The van der Waals surface area contributed by atoms with Gasteiger partial charge in [-0.3, -0.25) is 0 Å². The minimum atomic E-state index is -5.39. The summed E-state index contributed by atoms with van der Waals surface area (Å²) in [7, 11) is -5.39. The molecule has 0 amide bonds. The first kappa shape index (κ1) is 24.1. The molecule has 0 unspecified atom stereocenters. The third-order valence-electron chi connectivity index (χ3n) is 6.52. The van der Waals surface area contributed by atoms with Gasteiger partial charge in [-0.05, 0) is 89.4 Å². The van der Waals surface area contributed by atoms with Crippen molar-refractivity contribution in [2.75, 3.05) is 4.90 Å². The summed E-state index contributed by atoms with van der Waals surface area (Å²) in [6, 6.07) is 10.6. The van der Waals surface area contributed by atoms with Crippen LogP contribution in [-0.4, -0.2) is 25.0 Å². The molecule has 33 heavy (non-hydrogen) atoms. The topological polar surface area (TPSA) is 49.7 Å². The monoisotopic (exact) mass is 496 g/mol. The summed E-state index contributed by atoms with van der Waals surface area (Å²) in [5.41, 5.74) is -3.50. The van der Waals surface area contributed by atoms with E-state index in [-0.39, 0.29) is 16.3 Å². The van der Waals surface area contributed by atoms with Crippen LogP contribution in [0.4, 0.5) is 24.5 Å². The fourth-order valence-corrected chi connectivity index (χ4v) is 6.82. The average Bonchev–Trinajstić information content (AvgIpc) is 2.69. The number of anilines is 1. The van der Waals surface area contributed by atoms with E-state index >= 15 is 0 Å². The Balaban J connectivity index is 1.79. The lowest BCUT2D eigenvalue weighted by Gasteiger charge is -2.54. The van der Waals surface area contributed by atoms with E-state index < -0.39 is 20.3 Å². The van der Waals surface area contributed by atoms with Gasteiger partial charge in [-0.1, -0.05) is 17.8 Å². The molecule has 9 heteroatoms. The smallest absolute Gasteiger partial charge is 0.361 e. The lowest BCUT2D eigenvalue weighted by Crippen LogP contribution is -2.59. The van der Waals surface area contributed by atoms with Gasteiger partial charge in [-0.15, -0.1) is 0 Å². The Morgan fingerprint density at radius 1 is 1.00 bits per heavy atom. The number of hydrogen-bond donors (Lipinski definition) is 0. The van der Waals surface area contributed by atoms with Gasteiger partial charge < -0.3 is 4.90 Å². The number of fused-ring (bicyclic) bond motifs is 2. The summed E-state index contributed by atoms with van der Waals surface area (Å²) in [6.45, 7) is 9.96. The van der Waals surface area contributed by atoms with Gasteiger partial charge in [0.1, 0.15) is 0 Å². The van der Waals surface area contributed by atoms with Crippen molar-refractivity contribution in [1.29, 1.82) is 0 Å². The highest BCUT2D eigenvalue weighted by Gasteiger charge is 2.47. The van der Waals surface area contributed by atoms with Gasteiger partial charge in [0.15, 0.2) is 0 Å². The zero-order valence-corrected chi connectivity index (χ0v) is 20.9. The van der Waals surface area contributed by atoms with Crippen molar-refractivity contribution >= 4 is 37.9 Å². The lowest BCUT2D eigenvalue weighted by atomic mass is 9.79. The highest BCUT2D eigenvalue weighted by molar-refractivity contribution is 8.01. The number of hydrogen-bond acceptors (Lipinski definition) is 5. The molecule has 4 rings (SSSR count). The zero-order chi connectivity index (χ0) is 24.4. The molecule has 2 aromatic carbocycles. The molecule has 0 aliphatic carbocycles. The summed E-state index contributed by atoms with van der Waals surface area (Å²) in [4.78, 5) is 7.92. The highest BCUT2D eigenvalue weighted by Crippen LogP contribution is 2.45. The molecular weight excluding hydrogens is 469 g/mol. The zero-order valence-electron chi connectivity index (χ0n) is 19.2. The summed E-state index contributed by atoms with van der Waals surface area (Å²) in [6.07, 6.45) is 3.33. The highest BCUT2D eigenvalue weighted by atomic mass is 32.2. The largest absolute Gasteiger partial charge is 0.501 e. The molecule has 0 saturated carbocycles. The van der Waals surface area contributed by atoms with E-state index in [1.54, 1.807) is 6.07 Å². The molecule has 0 atom stereocenters. The number of alkyl halides is 3. The first-order chi connectivity index (χ1) is 15.1. The molecule has 1 saturated heterocycles. The maximum atomic E-state index is 13.0. The Kier molecular flexibility index (Phi) is 5.68. The molecule has 178 valence electrons. The first-order valence-electron chi connectivity index (χ1n) is 10.8. The number of sulfone groups is 1. The number of nitrogens with zero attached hydrogens (tertiary/aromatic N) is 2. The Hall–Kier alpha value is -2.00. The van der Waals surface area contributed by atoms with Gasteiger partial charge in [-0.2, -0.15) is 13.2 Å². The van der Waals surface area contributed by atoms with E-state index in [0.717, 1.165) is 36.0 Å². The Labute approximate surface area is 196 Å². The quantitative estimate of drug-likeness (QED) is 0.456. The van der Waals surface area contributed by atoms with Crippen LogP contribution in [0.3, 0.4) is 0 Å². The first-order valence-corrected chi connectivity index (χ1v) is 13.1. The van der Waals surface area contributed by atoms with Gasteiger partial charge in [-0.25, -0.2) is 13.4 Å². The Bertz CT molecular complexity index is 1330. The van der Waals surface area contributed by atoms with Crippen LogP contribution in [0.25, 0.3) is 4.91 Å². The maximum Gasteiger partial charge on any atom is 0.501 e. The van der Waals surface area contributed by atoms with Crippen LogP contribution in [0.15, 0.2) is 51.2 Å². The van der Waals surface area contributed by atoms with Gasteiger partial charge in [0.25, 0.3) is 9.84 Å². The minimum absolute atomic E-state index is 0.0183. The van der Waals surface area contributed by atoms with Gasteiger partial charge >= 0.3 is 5.51 Å². The van der Waals surface area contributed by atoms with Crippen molar-refractivity contribution in [3.63, 3.8) is 0 Å². The second-order valence-electron chi connectivity index (χ2n) is 9.87. The van der Waals surface area contributed by atoms with Crippen LogP contribution in [0, 0.1) is 0 Å². The van der Waals surface area contributed by atoms with Crippen LogP contribution in [0.1, 0.15) is 53.9 Å². The van der Waals surface area contributed by atoms with Gasteiger partial charge in [0.05, 0.1) is 15.9 Å². The molecule has 0 radical (unpaired) electrons. The molecule has 0 spiro atoms. The second kappa shape index (κ2) is 7.77. The molecule has 2 aromatic rings. The fraction of sp³-hybridized carbons (Fsp3) is 0.458. The second-order valence-corrected chi connectivity index (χ2v) is 13.0. The molecule has 1 fully saturated rings. The van der Waals surface area contributed by atoms with Crippen molar-refractivity contribution < 1.29 is 21.6 Å². The Morgan fingerprint density at radius 3 is 2.24 bits per heavy atom. The van der Waals surface area contributed by atoms with E-state index in [9.17, 15) is 21.6 Å². The van der Waals surface area contributed by atoms with Crippen molar-refractivity contribution in [2.24, 2.45) is 4.99 Å². The van der Waals surface area contributed by atoms with E-state index in [1.165, 1.54) is 30.3 Å². The van der Waals surface area contributed by atoms with Crippen LogP contribution in [-0.2, 0) is 9.84 Å². The maximum absolute atomic E-state index is 13.0. The summed E-state index contributed by atoms with van der Waals surface area (Å²) in [5, 5.41) is 0.631. The number of rotatable bonds is 2. The molecule has 0 aromatic heterocycles. The number of piperidine rings is 1. The van der Waals surface area contributed by atoms with E-state index in [1.807, 2.05) is 6.07 Å². The van der Waals surface area contributed by atoms with Crippen molar-refractivity contribution in [2.45, 2.75) is 80.3 Å². The molecule has 2 aliphatic heterocycles. The predicted octanol–water partition coefficient (Wildman–Crippen LogP) is 5.71. The normalized spacial score (nSPS) is 20.4. The van der Waals surface area contributed by atoms with Crippen molar-refractivity contribution in [1.82, 2.24) is 0 Å². The third-order valence-corrected chi connectivity index (χ3v) is 9.27. The fourth-order valence-electron chi connectivity index (χ4n) is 5.00. The van der Waals surface area contributed by atoms with Crippen LogP contribution >= 0.6 is 11.8 Å². The minimum Gasteiger partial charge on any atom is -0.361 e. The summed E-state index contributed by atoms with van der Waals surface area (Å²) in [5.74, 6) is 0. The van der Waals surface area contributed by atoms with Gasteiger partial charge in [0.2, 0.25) is 0 Å². The van der Waals surface area contributed by atoms with E-state index in [4.69, 9.17) is 0 Å². The number of halogens is 3. The molecule has 2 heterocycles.